The van der Waals surface area contributed by atoms with E-state index in [1.807, 2.05) is 37.4 Å². The average molecular weight is 318 g/mol. The third-order valence-corrected chi connectivity index (χ3v) is 4.05. The molecule has 0 amide bonds. The molecule has 3 rings (SSSR count). The van der Waals surface area contributed by atoms with Gasteiger partial charge < -0.3 is 4.57 Å². The Hall–Kier alpha value is -1.84. The Morgan fingerprint density at radius 2 is 2.00 bits per heavy atom. The zero-order valence-electron chi connectivity index (χ0n) is 11.4. The van der Waals surface area contributed by atoms with Gasteiger partial charge in [0.2, 0.25) is 0 Å². The monoisotopic (exact) mass is 317 g/mol. The van der Waals surface area contributed by atoms with Crippen LogP contribution in [0.2, 0.25) is 10.0 Å². The van der Waals surface area contributed by atoms with E-state index in [1.165, 1.54) is 0 Å². The molecular weight excluding hydrogens is 305 g/mol. The predicted octanol–water partition coefficient (Wildman–Crippen LogP) is 4.61. The van der Waals surface area contributed by atoms with Crippen LogP contribution in [0.3, 0.4) is 0 Å². The maximum atomic E-state index is 6.27. The second-order valence-electron chi connectivity index (χ2n) is 4.79. The maximum absolute atomic E-state index is 6.27. The molecule has 0 aliphatic rings. The molecule has 0 bridgehead atoms. The van der Waals surface area contributed by atoms with Gasteiger partial charge in [-0.1, -0.05) is 35.3 Å². The number of aromatic nitrogens is 3. The van der Waals surface area contributed by atoms with Gasteiger partial charge in [-0.2, -0.15) is 0 Å². The maximum Gasteiger partial charge on any atom is 0.142 e. The van der Waals surface area contributed by atoms with Crippen LogP contribution >= 0.6 is 23.2 Å². The van der Waals surface area contributed by atoms with Crippen molar-refractivity contribution in [1.29, 1.82) is 0 Å². The van der Waals surface area contributed by atoms with E-state index in [-0.39, 0.29) is 0 Å². The zero-order chi connectivity index (χ0) is 14.8. The van der Waals surface area contributed by atoms with Crippen LogP contribution in [0.25, 0.3) is 11.4 Å². The first kappa shape index (κ1) is 14.1. The molecule has 0 aliphatic carbocycles. The number of nitrogens with zero attached hydrogens (tertiary/aromatic N) is 3. The summed E-state index contributed by atoms with van der Waals surface area (Å²) in [5, 5.41) is 1.15. The summed E-state index contributed by atoms with van der Waals surface area (Å²) in [6.45, 7) is 2.58. The Balaban J connectivity index is 2.02. The van der Waals surface area contributed by atoms with E-state index >= 15 is 0 Å². The molecule has 0 spiro atoms. The van der Waals surface area contributed by atoms with E-state index in [4.69, 9.17) is 23.2 Å². The van der Waals surface area contributed by atoms with Crippen LogP contribution in [-0.4, -0.2) is 14.5 Å². The lowest BCUT2D eigenvalue weighted by atomic mass is 10.2. The highest BCUT2D eigenvalue weighted by Crippen LogP contribution is 2.27. The Morgan fingerprint density at radius 1 is 1.14 bits per heavy atom. The molecule has 0 unspecified atom stereocenters. The zero-order valence-corrected chi connectivity index (χ0v) is 12.9. The first-order valence-corrected chi connectivity index (χ1v) is 7.28. The van der Waals surface area contributed by atoms with E-state index < -0.39 is 0 Å². The summed E-state index contributed by atoms with van der Waals surface area (Å²) in [6, 6.07) is 9.54. The van der Waals surface area contributed by atoms with Gasteiger partial charge >= 0.3 is 0 Å². The largest absolute Gasteiger partial charge is 0.326 e. The van der Waals surface area contributed by atoms with E-state index in [0.29, 0.717) is 16.6 Å². The summed E-state index contributed by atoms with van der Waals surface area (Å²) in [6.07, 6.45) is 5.55. The summed E-state index contributed by atoms with van der Waals surface area (Å²) in [4.78, 5) is 8.73. The number of halogens is 2. The molecule has 0 aliphatic heterocycles. The van der Waals surface area contributed by atoms with Crippen LogP contribution in [0.15, 0.2) is 48.9 Å². The van der Waals surface area contributed by atoms with Crippen molar-refractivity contribution in [2.45, 2.75) is 13.5 Å². The molecule has 106 valence electrons. The SMILES string of the molecule is Cc1cn(Cc2cccc(Cl)c2Cl)c(-c2cccnc2)n1. The van der Waals surface area contributed by atoms with Crippen molar-refractivity contribution in [1.82, 2.24) is 14.5 Å². The molecule has 0 atom stereocenters. The standard InChI is InChI=1S/C16H13Cl2N3/c1-11-9-21(10-13-4-2-6-14(17)15(13)18)16(20-11)12-5-3-7-19-8-12/h2-9H,10H2,1H3. The number of imidazole rings is 1. The topological polar surface area (TPSA) is 30.7 Å². The highest BCUT2D eigenvalue weighted by atomic mass is 35.5. The van der Waals surface area contributed by atoms with Crippen molar-refractivity contribution in [3.05, 3.63) is 70.2 Å². The lowest BCUT2D eigenvalue weighted by molar-refractivity contribution is 0.806. The van der Waals surface area contributed by atoms with Crippen LogP contribution in [0.4, 0.5) is 0 Å². The minimum Gasteiger partial charge on any atom is -0.326 e. The molecule has 0 saturated carbocycles. The van der Waals surface area contributed by atoms with Crippen LogP contribution in [0, 0.1) is 6.92 Å². The van der Waals surface area contributed by atoms with Crippen molar-refractivity contribution in [3.8, 4) is 11.4 Å². The molecule has 3 aromatic rings. The lowest BCUT2D eigenvalue weighted by Gasteiger charge is -2.10. The van der Waals surface area contributed by atoms with Crippen LogP contribution in [0.1, 0.15) is 11.3 Å². The van der Waals surface area contributed by atoms with E-state index in [9.17, 15) is 0 Å². The molecule has 0 N–H and O–H groups in total. The van der Waals surface area contributed by atoms with Crippen molar-refractivity contribution in [2.24, 2.45) is 0 Å². The van der Waals surface area contributed by atoms with Gasteiger partial charge in [-0.15, -0.1) is 0 Å². The Labute approximate surface area is 133 Å². The fraction of sp³-hybridized carbons (Fsp3) is 0.125. The molecule has 0 fully saturated rings. The van der Waals surface area contributed by atoms with Gasteiger partial charge in [-0.25, -0.2) is 4.98 Å². The molecule has 21 heavy (non-hydrogen) atoms. The van der Waals surface area contributed by atoms with Crippen molar-refractivity contribution >= 4 is 23.2 Å². The second kappa shape index (κ2) is 5.88. The van der Waals surface area contributed by atoms with Crippen molar-refractivity contribution in [3.63, 3.8) is 0 Å². The van der Waals surface area contributed by atoms with Gasteiger partial charge in [-0.05, 0) is 30.7 Å². The van der Waals surface area contributed by atoms with E-state index in [0.717, 1.165) is 22.6 Å². The van der Waals surface area contributed by atoms with Crippen LogP contribution in [0.5, 0.6) is 0 Å². The fourth-order valence-electron chi connectivity index (χ4n) is 2.25. The molecule has 3 nitrogen and oxygen atoms in total. The number of pyridine rings is 1. The predicted molar refractivity (Wildman–Crippen MR) is 85.8 cm³/mol. The molecule has 5 heteroatoms. The highest BCUT2D eigenvalue weighted by molar-refractivity contribution is 6.42. The Morgan fingerprint density at radius 3 is 2.76 bits per heavy atom. The third-order valence-electron chi connectivity index (χ3n) is 3.19. The quantitative estimate of drug-likeness (QED) is 0.706. The first-order chi connectivity index (χ1) is 10.1. The van der Waals surface area contributed by atoms with Crippen molar-refractivity contribution in [2.75, 3.05) is 0 Å². The Bertz CT molecular complexity index is 766. The Kier molecular flexibility index (Phi) is 3.95. The number of benzene rings is 1. The minimum absolute atomic E-state index is 0.564. The van der Waals surface area contributed by atoms with E-state index in [2.05, 4.69) is 14.5 Å². The summed E-state index contributed by atoms with van der Waals surface area (Å²) in [5.74, 6) is 0.872. The third kappa shape index (κ3) is 2.94. The van der Waals surface area contributed by atoms with Crippen molar-refractivity contribution < 1.29 is 0 Å². The average Bonchev–Trinajstić information content (AvgIpc) is 2.86. The summed E-state index contributed by atoms with van der Waals surface area (Å²) in [7, 11) is 0. The summed E-state index contributed by atoms with van der Waals surface area (Å²) in [5.41, 5.74) is 2.89. The van der Waals surface area contributed by atoms with Crippen LogP contribution < -0.4 is 0 Å². The summed E-state index contributed by atoms with van der Waals surface area (Å²) >= 11 is 12.3. The first-order valence-electron chi connectivity index (χ1n) is 6.52. The molecule has 2 aromatic heterocycles. The molecular formula is C16H13Cl2N3. The molecule has 2 heterocycles. The van der Waals surface area contributed by atoms with E-state index in [1.54, 1.807) is 18.5 Å². The van der Waals surface area contributed by atoms with Gasteiger partial charge in [-0.3, -0.25) is 4.98 Å². The molecule has 1 aromatic carbocycles. The lowest BCUT2D eigenvalue weighted by Crippen LogP contribution is -2.02. The van der Waals surface area contributed by atoms with Gasteiger partial charge in [0.05, 0.1) is 22.3 Å². The number of hydrogen-bond donors (Lipinski definition) is 0. The highest BCUT2D eigenvalue weighted by Gasteiger charge is 2.11. The fourth-order valence-corrected chi connectivity index (χ4v) is 2.63. The number of rotatable bonds is 3. The van der Waals surface area contributed by atoms with Gasteiger partial charge in [0.15, 0.2) is 0 Å². The molecule has 0 saturated heterocycles. The smallest absolute Gasteiger partial charge is 0.142 e. The van der Waals surface area contributed by atoms with Gasteiger partial charge in [0.1, 0.15) is 5.82 Å². The van der Waals surface area contributed by atoms with Gasteiger partial charge in [0, 0.05) is 24.2 Å². The summed E-state index contributed by atoms with van der Waals surface area (Å²) < 4.78 is 2.06. The normalized spacial score (nSPS) is 10.8. The number of aryl methyl sites for hydroxylation is 1. The number of hydrogen-bond acceptors (Lipinski definition) is 2. The van der Waals surface area contributed by atoms with Gasteiger partial charge in [0.25, 0.3) is 0 Å². The molecule has 0 radical (unpaired) electrons. The van der Waals surface area contributed by atoms with Crippen LogP contribution in [-0.2, 0) is 6.54 Å². The second-order valence-corrected chi connectivity index (χ2v) is 5.57. The minimum atomic E-state index is 0.564.